The molecule has 0 spiro atoms. The summed E-state index contributed by atoms with van der Waals surface area (Å²) in [4.78, 5) is 24.4. The van der Waals surface area contributed by atoms with E-state index in [-0.39, 0.29) is 12.6 Å². The van der Waals surface area contributed by atoms with Gasteiger partial charge in [-0.25, -0.2) is 4.79 Å². The highest BCUT2D eigenvalue weighted by Gasteiger charge is 2.19. The molecule has 0 saturated heterocycles. The number of carbonyl (C=O) groups excluding carboxylic acids is 1. The minimum absolute atomic E-state index is 0.142. The average molecular weight is 364 g/mol. The molecule has 1 aromatic carbocycles. The van der Waals surface area contributed by atoms with E-state index in [1.54, 1.807) is 32.0 Å². The van der Waals surface area contributed by atoms with Crippen LogP contribution in [0.2, 0.25) is 5.02 Å². The zero-order valence-electron chi connectivity index (χ0n) is 11.2. The molecule has 0 aliphatic heterocycles. The zero-order chi connectivity index (χ0) is 15.3. The fourth-order valence-electron chi connectivity index (χ4n) is 1.55. The second-order valence-electron chi connectivity index (χ2n) is 4.33. The molecule has 1 rings (SSSR count). The molecule has 5 nitrogen and oxygen atoms in total. The summed E-state index contributed by atoms with van der Waals surface area (Å²) in [5.74, 6) is -1.56. The van der Waals surface area contributed by atoms with Gasteiger partial charge in [-0.2, -0.15) is 0 Å². The lowest BCUT2D eigenvalue weighted by Gasteiger charge is -2.23. The molecule has 1 aromatic rings. The van der Waals surface area contributed by atoms with Crippen molar-refractivity contribution in [3.63, 3.8) is 0 Å². The molecule has 7 heteroatoms. The minimum atomic E-state index is -0.934. The third-order valence-electron chi connectivity index (χ3n) is 2.75. The van der Waals surface area contributed by atoms with Crippen molar-refractivity contribution in [2.24, 2.45) is 5.92 Å². The van der Waals surface area contributed by atoms with E-state index in [4.69, 9.17) is 16.7 Å². The third kappa shape index (κ3) is 4.68. The van der Waals surface area contributed by atoms with Crippen LogP contribution in [0.15, 0.2) is 22.7 Å². The van der Waals surface area contributed by atoms with Crippen LogP contribution in [-0.2, 0) is 4.79 Å². The van der Waals surface area contributed by atoms with Crippen LogP contribution < -0.4 is 5.32 Å². The molecule has 0 heterocycles. The molecular formula is C13H16BrClN2O3. The van der Waals surface area contributed by atoms with Gasteiger partial charge in [-0.05, 0) is 25.1 Å². The van der Waals surface area contributed by atoms with Crippen molar-refractivity contribution in [2.45, 2.75) is 13.8 Å². The van der Waals surface area contributed by atoms with Crippen molar-refractivity contribution in [3.8, 4) is 0 Å². The van der Waals surface area contributed by atoms with Gasteiger partial charge < -0.3 is 15.3 Å². The minimum Gasteiger partial charge on any atom is -0.481 e. The Morgan fingerprint density at radius 2 is 2.15 bits per heavy atom. The topological polar surface area (TPSA) is 69.6 Å². The number of carbonyl (C=O) groups is 2. The Bertz CT molecular complexity index is 510. The summed E-state index contributed by atoms with van der Waals surface area (Å²) in [5, 5.41) is 12.0. The van der Waals surface area contributed by atoms with Gasteiger partial charge in [-0.15, -0.1) is 0 Å². The maximum atomic E-state index is 12.1. The Hall–Kier alpha value is -1.27. The lowest BCUT2D eigenvalue weighted by Crippen LogP contribution is -2.39. The first kappa shape index (κ1) is 16.8. The van der Waals surface area contributed by atoms with Gasteiger partial charge in [0.05, 0.1) is 16.6 Å². The van der Waals surface area contributed by atoms with Crippen molar-refractivity contribution in [3.05, 3.63) is 27.7 Å². The molecule has 110 valence electrons. The fraction of sp³-hybridized carbons (Fsp3) is 0.385. The van der Waals surface area contributed by atoms with Gasteiger partial charge in [-0.1, -0.05) is 34.5 Å². The molecule has 1 atom stereocenters. The van der Waals surface area contributed by atoms with Crippen molar-refractivity contribution in [2.75, 3.05) is 18.4 Å². The molecule has 0 fully saturated rings. The number of benzene rings is 1. The number of carboxylic acids is 1. The maximum Gasteiger partial charge on any atom is 0.321 e. The molecule has 0 aliphatic carbocycles. The highest BCUT2D eigenvalue weighted by atomic mass is 79.9. The fourth-order valence-corrected chi connectivity index (χ4v) is 2.08. The molecule has 0 saturated carbocycles. The van der Waals surface area contributed by atoms with Crippen LogP contribution in [0, 0.1) is 5.92 Å². The van der Waals surface area contributed by atoms with Crippen LogP contribution in [0.3, 0.4) is 0 Å². The lowest BCUT2D eigenvalue weighted by molar-refractivity contribution is -0.141. The second-order valence-corrected chi connectivity index (χ2v) is 5.66. The van der Waals surface area contributed by atoms with Gasteiger partial charge in [-0.3, -0.25) is 4.79 Å². The number of nitrogens with zero attached hydrogens (tertiary/aromatic N) is 1. The van der Waals surface area contributed by atoms with E-state index < -0.39 is 11.9 Å². The number of hydrogen-bond acceptors (Lipinski definition) is 2. The van der Waals surface area contributed by atoms with Crippen LogP contribution in [0.1, 0.15) is 13.8 Å². The molecule has 1 unspecified atom stereocenters. The van der Waals surface area contributed by atoms with Crippen molar-refractivity contribution in [1.82, 2.24) is 4.90 Å². The highest BCUT2D eigenvalue weighted by molar-refractivity contribution is 9.10. The monoisotopic (exact) mass is 362 g/mol. The normalized spacial score (nSPS) is 11.8. The number of aliphatic carboxylic acids is 1. The van der Waals surface area contributed by atoms with E-state index in [1.165, 1.54) is 4.90 Å². The Balaban J connectivity index is 2.77. The number of urea groups is 1. The molecule has 0 radical (unpaired) electrons. The summed E-state index contributed by atoms with van der Waals surface area (Å²) in [6.07, 6.45) is 0. The number of amides is 2. The quantitative estimate of drug-likeness (QED) is 0.838. The molecular weight excluding hydrogens is 348 g/mol. The Morgan fingerprint density at radius 1 is 1.50 bits per heavy atom. The lowest BCUT2D eigenvalue weighted by atomic mass is 10.2. The van der Waals surface area contributed by atoms with Crippen LogP contribution in [0.5, 0.6) is 0 Å². The summed E-state index contributed by atoms with van der Waals surface area (Å²) in [6, 6.07) is 4.74. The molecule has 2 N–H and O–H groups in total. The number of anilines is 1. The van der Waals surface area contributed by atoms with E-state index in [9.17, 15) is 9.59 Å². The van der Waals surface area contributed by atoms with Crippen LogP contribution in [0.4, 0.5) is 10.5 Å². The van der Waals surface area contributed by atoms with Crippen LogP contribution >= 0.6 is 27.5 Å². The SMILES string of the molecule is CCN(CC(C)C(=O)O)C(=O)Nc1cc(Br)ccc1Cl. The van der Waals surface area contributed by atoms with E-state index in [1.807, 2.05) is 0 Å². The van der Waals surface area contributed by atoms with Gasteiger partial charge in [0.1, 0.15) is 0 Å². The summed E-state index contributed by atoms with van der Waals surface area (Å²) in [6.45, 7) is 3.90. The van der Waals surface area contributed by atoms with Crippen molar-refractivity contribution in [1.29, 1.82) is 0 Å². The smallest absolute Gasteiger partial charge is 0.321 e. The predicted molar refractivity (Wildman–Crippen MR) is 82.2 cm³/mol. The van der Waals surface area contributed by atoms with Crippen molar-refractivity contribution < 1.29 is 14.7 Å². The zero-order valence-corrected chi connectivity index (χ0v) is 13.5. The Labute approximate surface area is 131 Å². The maximum absolute atomic E-state index is 12.1. The van der Waals surface area contributed by atoms with Gasteiger partial charge in [0.25, 0.3) is 0 Å². The predicted octanol–water partition coefficient (Wildman–Crippen LogP) is 3.68. The van der Waals surface area contributed by atoms with Gasteiger partial charge in [0.2, 0.25) is 0 Å². The summed E-state index contributed by atoms with van der Waals surface area (Å²) < 4.78 is 0.791. The molecule has 0 aromatic heterocycles. The summed E-state index contributed by atoms with van der Waals surface area (Å²) >= 11 is 9.29. The Kier molecular flexibility index (Phi) is 6.29. The van der Waals surface area contributed by atoms with E-state index >= 15 is 0 Å². The number of nitrogens with one attached hydrogen (secondary N) is 1. The molecule has 0 bridgehead atoms. The van der Waals surface area contributed by atoms with Gasteiger partial charge >= 0.3 is 12.0 Å². The van der Waals surface area contributed by atoms with Gasteiger partial charge in [0, 0.05) is 17.6 Å². The number of hydrogen-bond donors (Lipinski definition) is 2. The molecule has 0 aliphatic rings. The second kappa shape index (κ2) is 7.50. The highest BCUT2D eigenvalue weighted by Crippen LogP contribution is 2.26. The summed E-state index contributed by atoms with van der Waals surface area (Å²) in [5.41, 5.74) is 0.479. The van der Waals surface area contributed by atoms with Crippen LogP contribution in [0.25, 0.3) is 0 Å². The van der Waals surface area contributed by atoms with Crippen LogP contribution in [-0.4, -0.2) is 35.1 Å². The first-order chi connectivity index (χ1) is 9.35. The first-order valence-electron chi connectivity index (χ1n) is 6.09. The number of carboxylic acid groups (broad SMARTS) is 1. The van der Waals surface area contributed by atoms with E-state index in [2.05, 4.69) is 21.2 Å². The van der Waals surface area contributed by atoms with E-state index in [0.717, 1.165) is 4.47 Å². The average Bonchev–Trinajstić information content (AvgIpc) is 2.39. The number of rotatable bonds is 5. The Morgan fingerprint density at radius 3 is 2.70 bits per heavy atom. The summed E-state index contributed by atoms with van der Waals surface area (Å²) in [7, 11) is 0. The van der Waals surface area contributed by atoms with E-state index in [0.29, 0.717) is 17.3 Å². The molecule has 20 heavy (non-hydrogen) atoms. The van der Waals surface area contributed by atoms with Gasteiger partial charge in [0.15, 0.2) is 0 Å². The van der Waals surface area contributed by atoms with Crippen molar-refractivity contribution >= 4 is 45.2 Å². The molecule has 2 amide bonds. The number of halogens is 2. The standard InChI is InChI=1S/C13H16BrClN2O3/c1-3-17(7-8(2)12(18)19)13(20)16-11-6-9(14)4-5-10(11)15/h4-6,8H,3,7H2,1-2H3,(H,16,20)(H,18,19). The third-order valence-corrected chi connectivity index (χ3v) is 3.58. The first-order valence-corrected chi connectivity index (χ1v) is 7.26. The largest absolute Gasteiger partial charge is 0.481 e.